The SMILES string of the molecule is O=C(NC1CCCN2c3cc(Br)c(F)cc3Oc3cccc(F)c3C12)C(F)(F)F. The number of rotatable bonds is 1. The summed E-state index contributed by atoms with van der Waals surface area (Å²) in [5.41, 5.74) is 0.414. The molecule has 1 fully saturated rings. The first kappa shape index (κ1) is 19.9. The minimum Gasteiger partial charge on any atom is -0.455 e. The first-order valence-electron chi connectivity index (χ1n) is 8.76. The van der Waals surface area contributed by atoms with Gasteiger partial charge >= 0.3 is 12.1 Å². The Kier molecular flexibility index (Phi) is 4.92. The maximum absolute atomic E-state index is 14.8. The van der Waals surface area contributed by atoms with E-state index in [2.05, 4.69) is 15.9 Å². The Hall–Kier alpha value is -2.36. The van der Waals surface area contributed by atoms with Crippen LogP contribution in [0.2, 0.25) is 0 Å². The molecule has 0 saturated carbocycles. The van der Waals surface area contributed by atoms with Crippen LogP contribution >= 0.6 is 15.9 Å². The van der Waals surface area contributed by atoms with Gasteiger partial charge in [-0.05, 0) is 47.0 Å². The molecule has 4 nitrogen and oxygen atoms in total. The average Bonchev–Trinajstić information content (AvgIpc) is 2.77. The van der Waals surface area contributed by atoms with Gasteiger partial charge in [0.2, 0.25) is 0 Å². The van der Waals surface area contributed by atoms with Crippen molar-refractivity contribution in [3.63, 3.8) is 0 Å². The van der Waals surface area contributed by atoms with Gasteiger partial charge < -0.3 is 15.0 Å². The monoisotopic (exact) mass is 476 g/mol. The van der Waals surface area contributed by atoms with Gasteiger partial charge in [0.25, 0.3) is 0 Å². The fourth-order valence-electron chi connectivity index (χ4n) is 3.86. The largest absolute Gasteiger partial charge is 0.471 e. The highest BCUT2D eigenvalue weighted by Gasteiger charge is 2.45. The van der Waals surface area contributed by atoms with Crippen molar-refractivity contribution in [2.45, 2.75) is 31.1 Å². The number of nitrogens with zero attached hydrogens (tertiary/aromatic N) is 1. The molecule has 2 heterocycles. The highest BCUT2D eigenvalue weighted by atomic mass is 79.9. The van der Waals surface area contributed by atoms with Crippen LogP contribution in [-0.2, 0) is 4.79 Å². The Labute approximate surface area is 170 Å². The predicted molar refractivity (Wildman–Crippen MR) is 97.9 cm³/mol. The second-order valence-electron chi connectivity index (χ2n) is 6.85. The average molecular weight is 477 g/mol. The molecule has 1 saturated heterocycles. The lowest BCUT2D eigenvalue weighted by Gasteiger charge is -2.42. The standard InChI is InChI=1S/C19H14BrF5N2O2/c20-9-7-13-15(8-11(9)22)29-14-5-1-3-10(21)16(14)17-12(4-2-6-27(13)17)26-18(28)19(23,24)25/h1,3,5,7-8,12,17H,2,4,6H2,(H,26,28). The van der Waals surface area contributed by atoms with Gasteiger partial charge in [0.05, 0.1) is 27.8 Å². The maximum Gasteiger partial charge on any atom is 0.471 e. The van der Waals surface area contributed by atoms with Crippen molar-refractivity contribution in [3.05, 3.63) is 52.0 Å². The molecule has 2 aliphatic rings. The fourth-order valence-corrected chi connectivity index (χ4v) is 4.19. The van der Waals surface area contributed by atoms with E-state index in [1.165, 1.54) is 24.3 Å². The molecule has 2 aliphatic heterocycles. The zero-order valence-corrected chi connectivity index (χ0v) is 16.3. The van der Waals surface area contributed by atoms with E-state index in [0.717, 1.165) is 6.07 Å². The van der Waals surface area contributed by atoms with Crippen LogP contribution in [0.3, 0.4) is 0 Å². The second kappa shape index (κ2) is 7.16. The molecule has 0 aromatic heterocycles. The molecule has 1 amide bonds. The highest BCUT2D eigenvalue weighted by Crippen LogP contribution is 2.49. The number of piperidine rings is 1. The van der Waals surface area contributed by atoms with Crippen LogP contribution in [-0.4, -0.2) is 24.7 Å². The van der Waals surface area contributed by atoms with Crippen LogP contribution in [0.5, 0.6) is 11.5 Å². The molecule has 2 unspecified atom stereocenters. The summed E-state index contributed by atoms with van der Waals surface area (Å²) < 4.78 is 73.3. The smallest absolute Gasteiger partial charge is 0.455 e. The molecule has 1 N–H and O–H groups in total. The number of amides is 1. The number of carbonyl (C=O) groups is 1. The number of carbonyl (C=O) groups excluding carboxylic acids is 1. The van der Waals surface area contributed by atoms with Gasteiger partial charge in [0, 0.05) is 12.6 Å². The number of anilines is 1. The first-order valence-corrected chi connectivity index (χ1v) is 9.55. The molecule has 2 atom stereocenters. The van der Waals surface area contributed by atoms with Crippen molar-refractivity contribution in [1.29, 1.82) is 0 Å². The van der Waals surface area contributed by atoms with Gasteiger partial charge in [-0.25, -0.2) is 8.78 Å². The third kappa shape index (κ3) is 3.54. The van der Waals surface area contributed by atoms with Gasteiger partial charge in [-0.2, -0.15) is 13.2 Å². The summed E-state index contributed by atoms with van der Waals surface area (Å²) >= 11 is 3.10. The quantitative estimate of drug-likeness (QED) is 0.573. The number of benzene rings is 2. The molecule has 154 valence electrons. The molecule has 10 heteroatoms. The number of ether oxygens (including phenoxy) is 1. The third-order valence-electron chi connectivity index (χ3n) is 5.04. The molecule has 0 spiro atoms. The van der Waals surface area contributed by atoms with Crippen LogP contribution < -0.4 is 15.0 Å². The second-order valence-corrected chi connectivity index (χ2v) is 7.70. The molecular weight excluding hydrogens is 463 g/mol. The summed E-state index contributed by atoms with van der Waals surface area (Å²) in [4.78, 5) is 13.2. The Morgan fingerprint density at radius 1 is 1.17 bits per heavy atom. The maximum atomic E-state index is 14.8. The van der Waals surface area contributed by atoms with Crippen molar-refractivity contribution in [3.8, 4) is 11.5 Å². The number of nitrogens with one attached hydrogen (secondary N) is 1. The van der Waals surface area contributed by atoms with E-state index in [0.29, 0.717) is 18.7 Å². The fraction of sp³-hybridized carbons (Fsp3) is 0.316. The van der Waals surface area contributed by atoms with Gasteiger partial charge in [-0.15, -0.1) is 0 Å². The van der Waals surface area contributed by atoms with Crippen LogP contribution in [0.4, 0.5) is 27.6 Å². The first-order chi connectivity index (χ1) is 13.7. The number of hydrogen-bond acceptors (Lipinski definition) is 3. The minimum absolute atomic E-state index is 0.0207. The topological polar surface area (TPSA) is 41.6 Å². The van der Waals surface area contributed by atoms with Crippen molar-refractivity contribution in [2.75, 3.05) is 11.4 Å². The van der Waals surface area contributed by atoms with E-state index in [1.54, 1.807) is 4.90 Å². The van der Waals surface area contributed by atoms with Crippen LogP contribution in [0.1, 0.15) is 24.4 Å². The van der Waals surface area contributed by atoms with E-state index < -0.39 is 35.8 Å². The third-order valence-corrected chi connectivity index (χ3v) is 5.65. The summed E-state index contributed by atoms with van der Waals surface area (Å²) in [7, 11) is 0. The Morgan fingerprint density at radius 2 is 1.93 bits per heavy atom. The Balaban J connectivity index is 1.87. The zero-order valence-electron chi connectivity index (χ0n) is 14.7. The summed E-state index contributed by atoms with van der Waals surface area (Å²) in [6, 6.07) is 4.62. The summed E-state index contributed by atoms with van der Waals surface area (Å²) in [6.45, 7) is 0.366. The van der Waals surface area contributed by atoms with E-state index in [-0.39, 0.29) is 28.0 Å². The van der Waals surface area contributed by atoms with Gasteiger partial charge in [0.15, 0.2) is 5.75 Å². The lowest BCUT2D eigenvalue weighted by Crippen LogP contribution is -2.53. The number of fused-ring (bicyclic) bond motifs is 5. The summed E-state index contributed by atoms with van der Waals surface area (Å²) in [5.74, 6) is -3.19. The summed E-state index contributed by atoms with van der Waals surface area (Å²) in [5, 5.41) is 2.00. The van der Waals surface area contributed by atoms with Crippen molar-refractivity contribution in [1.82, 2.24) is 5.32 Å². The molecule has 0 radical (unpaired) electrons. The molecule has 2 aromatic carbocycles. The van der Waals surface area contributed by atoms with Gasteiger partial charge in [-0.3, -0.25) is 4.79 Å². The van der Waals surface area contributed by atoms with Crippen LogP contribution in [0.15, 0.2) is 34.8 Å². The zero-order chi connectivity index (χ0) is 20.9. The molecule has 2 aromatic rings. The lowest BCUT2D eigenvalue weighted by atomic mass is 9.89. The van der Waals surface area contributed by atoms with Gasteiger partial charge in [-0.1, -0.05) is 6.07 Å². The summed E-state index contributed by atoms with van der Waals surface area (Å²) in [6.07, 6.45) is -4.41. The highest BCUT2D eigenvalue weighted by molar-refractivity contribution is 9.10. The molecular formula is C19H14BrF5N2O2. The van der Waals surface area contributed by atoms with E-state index >= 15 is 0 Å². The van der Waals surface area contributed by atoms with Crippen LogP contribution in [0.25, 0.3) is 0 Å². The predicted octanol–water partition coefficient (Wildman–Crippen LogP) is 5.22. The van der Waals surface area contributed by atoms with E-state index in [9.17, 15) is 26.7 Å². The van der Waals surface area contributed by atoms with Crippen LogP contribution in [0, 0.1) is 11.6 Å². The van der Waals surface area contributed by atoms with Crippen molar-refractivity contribution < 1.29 is 31.5 Å². The molecule has 0 aliphatic carbocycles. The van der Waals surface area contributed by atoms with E-state index in [4.69, 9.17) is 4.74 Å². The molecule has 4 rings (SSSR count). The van der Waals surface area contributed by atoms with E-state index in [1.807, 2.05) is 5.32 Å². The van der Waals surface area contributed by atoms with Crippen molar-refractivity contribution in [2.24, 2.45) is 0 Å². The van der Waals surface area contributed by atoms with Crippen molar-refractivity contribution >= 4 is 27.5 Å². The lowest BCUT2D eigenvalue weighted by molar-refractivity contribution is -0.174. The number of alkyl halides is 3. The number of hydrogen-bond donors (Lipinski definition) is 1. The Bertz CT molecular complexity index is 982. The van der Waals surface area contributed by atoms with Gasteiger partial charge in [0.1, 0.15) is 17.4 Å². The minimum atomic E-state index is -5.06. The number of halogens is 6. The molecule has 0 bridgehead atoms. The Morgan fingerprint density at radius 3 is 2.66 bits per heavy atom. The normalized spacial score (nSPS) is 20.7. The molecule has 29 heavy (non-hydrogen) atoms.